The number of H-pyrrole nitrogens is 1. The Morgan fingerprint density at radius 1 is 1.50 bits per heavy atom. The van der Waals surface area contributed by atoms with E-state index in [1.807, 2.05) is 20.8 Å². The van der Waals surface area contributed by atoms with E-state index in [0.717, 1.165) is 5.69 Å². The van der Waals surface area contributed by atoms with E-state index in [1.54, 1.807) is 10.9 Å². The second kappa shape index (κ2) is 3.73. The first-order valence-corrected chi connectivity index (χ1v) is 6.15. The highest BCUT2D eigenvalue weighted by Gasteiger charge is 2.16. The van der Waals surface area contributed by atoms with Crippen molar-refractivity contribution >= 4 is 10.8 Å². The molecule has 14 heavy (non-hydrogen) atoms. The lowest BCUT2D eigenvalue weighted by molar-refractivity contribution is 0.344. The minimum Gasteiger partial charge on any atom is -0.298 e. The van der Waals surface area contributed by atoms with Crippen molar-refractivity contribution in [3.63, 3.8) is 0 Å². The summed E-state index contributed by atoms with van der Waals surface area (Å²) in [7, 11) is -0.922. The number of aromatic amines is 1. The molecule has 0 aliphatic heterocycles. The largest absolute Gasteiger partial charge is 0.298 e. The zero-order valence-electron chi connectivity index (χ0n) is 8.96. The molecule has 4 nitrogen and oxygen atoms in total. The van der Waals surface area contributed by atoms with Crippen molar-refractivity contribution in [1.29, 1.82) is 0 Å². The first-order chi connectivity index (χ1) is 6.30. The molecule has 0 saturated heterocycles. The van der Waals surface area contributed by atoms with Gasteiger partial charge >= 0.3 is 0 Å². The third-order valence-electron chi connectivity index (χ3n) is 1.80. The van der Waals surface area contributed by atoms with Gasteiger partial charge in [-0.15, -0.1) is 0 Å². The molecule has 0 fully saturated rings. The Hall–Kier alpha value is -0.840. The summed E-state index contributed by atoms with van der Waals surface area (Å²) in [4.78, 5) is 11.5. The van der Waals surface area contributed by atoms with Gasteiger partial charge < -0.3 is 0 Å². The van der Waals surface area contributed by atoms with Gasteiger partial charge in [0.15, 0.2) is 0 Å². The lowest BCUT2D eigenvalue weighted by atomic mass is 10.1. The summed E-state index contributed by atoms with van der Waals surface area (Å²) in [6.07, 6.45) is 1.62. The highest BCUT2D eigenvalue weighted by molar-refractivity contribution is 7.83. The Kier molecular flexibility index (Phi) is 2.99. The van der Waals surface area contributed by atoms with Gasteiger partial charge in [0.25, 0.3) is 5.56 Å². The van der Waals surface area contributed by atoms with Crippen LogP contribution >= 0.6 is 0 Å². The molecule has 1 aromatic heterocycles. The predicted molar refractivity (Wildman–Crippen MR) is 57.8 cm³/mol. The van der Waals surface area contributed by atoms with Crippen LogP contribution in [0.2, 0.25) is 0 Å². The fourth-order valence-electron chi connectivity index (χ4n) is 1.24. The monoisotopic (exact) mass is 216 g/mol. The predicted octanol–water partition coefficient (Wildman–Crippen LogP) is 0.810. The number of aromatic nitrogens is 2. The molecule has 0 radical (unpaired) electrons. The van der Waals surface area contributed by atoms with Crippen LogP contribution in [-0.4, -0.2) is 20.2 Å². The van der Waals surface area contributed by atoms with Crippen molar-refractivity contribution in [2.45, 2.75) is 32.1 Å². The molecule has 0 aliphatic rings. The van der Waals surface area contributed by atoms with Crippen LogP contribution in [0.1, 0.15) is 26.5 Å². The number of hydrogen-bond acceptors (Lipinski definition) is 2. The van der Waals surface area contributed by atoms with Crippen LogP contribution in [0.25, 0.3) is 0 Å². The molecular weight excluding hydrogens is 200 g/mol. The molecule has 1 atom stereocenters. The second-order valence-electron chi connectivity index (χ2n) is 4.34. The smallest absolute Gasteiger partial charge is 0.267 e. The van der Waals surface area contributed by atoms with Crippen molar-refractivity contribution in [3.8, 4) is 0 Å². The highest BCUT2D eigenvalue weighted by atomic mass is 32.2. The third-order valence-corrected chi connectivity index (χ3v) is 2.52. The van der Waals surface area contributed by atoms with E-state index in [9.17, 15) is 9.00 Å². The quantitative estimate of drug-likeness (QED) is 0.795. The summed E-state index contributed by atoms with van der Waals surface area (Å²) in [6.45, 7) is 5.83. The summed E-state index contributed by atoms with van der Waals surface area (Å²) >= 11 is 0. The molecule has 1 aromatic rings. The summed E-state index contributed by atoms with van der Waals surface area (Å²) in [5.41, 5.74) is 0.397. The van der Waals surface area contributed by atoms with Crippen molar-refractivity contribution in [3.05, 3.63) is 22.1 Å². The van der Waals surface area contributed by atoms with Gasteiger partial charge in [-0.2, -0.15) is 0 Å². The summed E-state index contributed by atoms with van der Waals surface area (Å²) in [5, 5.41) is 2.96. The van der Waals surface area contributed by atoms with Crippen LogP contribution in [0.5, 0.6) is 0 Å². The van der Waals surface area contributed by atoms with E-state index in [2.05, 4.69) is 5.10 Å². The molecule has 0 bridgehead atoms. The number of nitrogens with one attached hydrogen (secondary N) is 1. The van der Waals surface area contributed by atoms with Crippen molar-refractivity contribution < 1.29 is 4.21 Å². The topological polar surface area (TPSA) is 54.9 Å². The van der Waals surface area contributed by atoms with Gasteiger partial charge in [0.1, 0.15) is 0 Å². The van der Waals surface area contributed by atoms with Gasteiger partial charge in [0.2, 0.25) is 0 Å². The fraction of sp³-hybridized carbons (Fsp3) is 0.667. The lowest BCUT2D eigenvalue weighted by Gasteiger charge is -2.19. The summed E-state index contributed by atoms with van der Waals surface area (Å²) < 4.78 is 12.5. The average molecular weight is 216 g/mol. The Morgan fingerprint density at radius 2 is 2.07 bits per heavy atom. The van der Waals surface area contributed by atoms with Gasteiger partial charge in [-0.1, -0.05) is 0 Å². The van der Waals surface area contributed by atoms with E-state index >= 15 is 0 Å². The van der Waals surface area contributed by atoms with Gasteiger partial charge in [0.05, 0.1) is 11.3 Å². The lowest BCUT2D eigenvalue weighted by Crippen LogP contribution is -2.32. The second-order valence-corrected chi connectivity index (χ2v) is 5.78. The molecule has 5 heteroatoms. The normalized spacial score (nSPS) is 14.3. The van der Waals surface area contributed by atoms with Crippen LogP contribution in [0.3, 0.4) is 0 Å². The first kappa shape index (κ1) is 11.2. The SMILES string of the molecule is CS(=O)Cc1cc(=O)n(C(C)(C)C)[nH]1. The van der Waals surface area contributed by atoms with Crippen LogP contribution < -0.4 is 5.56 Å². The molecule has 0 saturated carbocycles. The summed E-state index contributed by atoms with van der Waals surface area (Å²) in [6, 6.07) is 1.51. The van der Waals surface area contributed by atoms with E-state index in [1.165, 1.54) is 6.07 Å². The van der Waals surface area contributed by atoms with Crippen LogP contribution in [0, 0.1) is 0 Å². The Bertz CT molecular complexity index is 398. The maximum absolute atomic E-state index is 11.5. The molecule has 0 spiro atoms. The van der Waals surface area contributed by atoms with Crippen LogP contribution in [0.15, 0.2) is 10.9 Å². The van der Waals surface area contributed by atoms with E-state index < -0.39 is 10.8 Å². The molecule has 0 aliphatic carbocycles. The highest BCUT2D eigenvalue weighted by Crippen LogP contribution is 2.09. The Balaban J connectivity index is 3.06. The van der Waals surface area contributed by atoms with Gasteiger partial charge in [-0.3, -0.25) is 14.1 Å². The number of hydrogen-bond donors (Lipinski definition) is 1. The maximum atomic E-state index is 11.5. The van der Waals surface area contributed by atoms with E-state index in [4.69, 9.17) is 0 Å². The maximum Gasteiger partial charge on any atom is 0.267 e. The molecule has 0 amide bonds. The van der Waals surface area contributed by atoms with Gasteiger partial charge in [-0.25, -0.2) is 4.68 Å². The van der Waals surface area contributed by atoms with Crippen LogP contribution in [-0.2, 0) is 22.1 Å². The first-order valence-electron chi connectivity index (χ1n) is 4.42. The molecular formula is C9H16N2O2S. The van der Waals surface area contributed by atoms with Gasteiger partial charge in [-0.05, 0) is 20.8 Å². The molecule has 1 unspecified atom stereocenters. The average Bonchev–Trinajstić information content (AvgIpc) is 2.27. The molecule has 1 rings (SSSR count). The van der Waals surface area contributed by atoms with Gasteiger partial charge in [0, 0.05) is 28.8 Å². The number of nitrogens with zero attached hydrogens (tertiary/aromatic N) is 1. The van der Waals surface area contributed by atoms with Crippen LogP contribution in [0.4, 0.5) is 0 Å². The molecule has 1 N–H and O–H groups in total. The zero-order chi connectivity index (χ0) is 10.9. The standard InChI is InChI=1S/C9H16N2O2S/c1-9(2,3)11-8(12)5-7(10-11)6-14(4)13/h5,10H,6H2,1-4H3. The minimum atomic E-state index is -0.922. The number of rotatable bonds is 2. The fourth-order valence-corrected chi connectivity index (χ4v) is 1.82. The molecule has 80 valence electrons. The molecule has 0 aromatic carbocycles. The van der Waals surface area contributed by atoms with Crippen molar-refractivity contribution in [1.82, 2.24) is 9.78 Å². The van der Waals surface area contributed by atoms with Crippen molar-refractivity contribution in [2.24, 2.45) is 0 Å². The third kappa shape index (κ3) is 2.57. The van der Waals surface area contributed by atoms with E-state index in [-0.39, 0.29) is 11.1 Å². The zero-order valence-corrected chi connectivity index (χ0v) is 9.77. The minimum absolute atomic E-state index is 0.0713. The Morgan fingerprint density at radius 3 is 2.43 bits per heavy atom. The molecule has 1 heterocycles. The summed E-state index contributed by atoms with van der Waals surface area (Å²) in [5.74, 6) is 0.401. The van der Waals surface area contributed by atoms with Crippen molar-refractivity contribution in [2.75, 3.05) is 6.26 Å². The Labute approximate surface area is 85.8 Å². The van der Waals surface area contributed by atoms with E-state index in [0.29, 0.717) is 5.75 Å².